The highest BCUT2D eigenvalue weighted by Gasteiger charge is 2.39. The lowest BCUT2D eigenvalue weighted by atomic mass is 10.1. The lowest BCUT2D eigenvalue weighted by Crippen LogP contribution is -2.34. The van der Waals surface area contributed by atoms with Crippen LogP contribution in [0.4, 0.5) is 10.1 Å². The maximum absolute atomic E-state index is 14.1. The summed E-state index contributed by atoms with van der Waals surface area (Å²) in [4.78, 5) is 25.2. The van der Waals surface area contributed by atoms with Gasteiger partial charge in [-0.1, -0.05) is 48.5 Å². The van der Waals surface area contributed by atoms with Crippen molar-refractivity contribution in [1.29, 1.82) is 0 Å². The van der Waals surface area contributed by atoms with Gasteiger partial charge in [-0.2, -0.15) is 4.39 Å². The fourth-order valence-corrected chi connectivity index (χ4v) is 2.44. The minimum Gasteiger partial charge on any atom is -0.378 e. The molecule has 1 heterocycles. The van der Waals surface area contributed by atoms with Gasteiger partial charge in [-0.3, -0.25) is 9.59 Å². The van der Waals surface area contributed by atoms with Gasteiger partial charge in [0.05, 0.1) is 5.69 Å². The van der Waals surface area contributed by atoms with Crippen LogP contribution in [0.25, 0.3) is 0 Å². The predicted octanol–water partition coefficient (Wildman–Crippen LogP) is 2.57. The quantitative estimate of drug-likeness (QED) is 0.864. The number of anilines is 1. The second-order valence-corrected chi connectivity index (χ2v) is 5.13. The molecule has 0 bridgehead atoms. The molecule has 0 fully saturated rings. The van der Waals surface area contributed by atoms with E-state index in [1.54, 1.807) is 30.3 Å². The van der Waals surface area contributed by atoms with E-state index < -0.39 is 17.6 Å². The molecule has 0 aliphatic carbocycles. The minimum atomic E-state index is -1.04. The summed E-state index contributed by atoms with van der Waals surface area (Å²) >= 11 is 0. The van der Waals surface area contributed by atoms with Crippen LogP contribution in [0.3, 0.4) is 0 Å². The van der Waals surface area contributed by atoms with E-state index in [4.69, 9.17) is 0 Å². The summed E-state index contributed by atoms with van der Waals surface area (Å²) in [7, 11) is 0. The summed E-state index contributed by atoms with van der Waals surface area (Å²) in [6, 6.07) is 18.0. The van der Waals surface area contributed by atoms with Crippen LogP contribution in [0.5, 0.6) is 0 Å². The van der Waals surface area contributed by atoms with Crippen molar-refractivity contribution in [3.8, 4) is 0 Å². The first-order valence-corrected chi connectivity index (χ1v) is 7.30. The first-order valence-electron chi connectivity index (χ1n) is 7.30. The molecule has 1 N–H and O–H groups in total. The van der Waals surface area contributed by atoms with Gasteiger partial charge in [0.2, 0.25) is 5.83 Å². The van der Waals surface area contributed by atoms with E-state index in [0.29, 0.717) is 18.7 Å². The van der Waals surface area contributed by atoms with E-state index in [9.17, 15) is 14.0 Å². The van der Waals surface area contributed by atoms with Crippen LogP contribution >= 0.6 is 0 Å². The second kappa shape index (κ2) is 6.44. The summed E-state index contributed by atoms with van der Waals surface area (Å²) in [5.74, 6) is -2.62. The number of rotatable bonds is 5. The van der Waals surface area contributed by atoms with E-state index in [0.717, 1.165) is 10.5 Å². The third kappa shape index (κ3) is 2.99. The molecule has 2 amide bonds. The summed E-state index contributed by atoms with van der Waals surface area (Å²) in [5.41, 5.74) is 1.16. The molecule has 0 saturated carbocycles. The first-order chi connectivity index (χ1) is 11.2. The van der Waals surface area contributed by atoms with E-state index in [1.165, 1.54) is 0 Å². The molecule has 0 unspecified atom stereocenters. The second-order valence-electron chi connectivity index (χ2n) is 5.13. The van der Waals surface area contributed by atoms with E-state index in [2.05, 4.69) is 5.32 Å². The fraction of sp³-hybridized carbons (Fsp3) is 0.111. The molecule has 0 saturated heterocycles. The van der Waals surface area contributed by atoms with Crippen molar-refractivity contribution in [1.82, 2.24) is 5.32 Å². The lowest BCUT2D eigenvalue weighted by molar-refractivity contribution is -0.121. The summed E-state index contributed by atoms with van der Waals surface area (Å²) in [5, 5.41) is 2.75. The molecular formula is C18H15FN2O2. The van der Waals surface area contributed by atoms with Crippen LogP contribution in [0.1, 0.15) is 5.56 Å². The van der Waals surface area contributed by atoms with Crippen molar-refractivity contribution in [2.75, 3.05) is 11.4 Å². The van der Waals surface area contributed by atoms with E-state index >= 15 is 0 Å². The van der Waals surface area contributed by atoms with Gasteiger partial charge in [0.1, 0.15) is 5.70 Å². The monoisotopic (exact) mass is 310 g/mol. The SMILES string of the molecule is O=C1C(F)=C(NCCc2ccccc2)C(=O)N1c1ccccc1. The van der Waals surface area contributed by atoms with Gasteiger partial charge in [0.15, 0.2) is 0 Å². The minimum absolute atomic E-state index is 0.269. The Bertz CT molecular complexity index is 757. The smallest absolute Gasteiger partial charge is 0.296 e. The number of halogens is 1. The highest BCUT2D eigenvalue weighted by Crippen LogP contribution is 2.26. The fourth-order valence-electron chi connectivity index (χ4n) is 2.44. The topological polar surface area (TPSA) is 49.4 Å². The van der Waals surface area contributed by atoms with Crippen LogP contribution in [0, 0.1) is 0 Å². The number of hydrogen-bond acceptors (Lipinski definition) is 3. The molecule has 2 aromatic rings. The molecule has 4 nitrogen and oxygen atoms in total. The molecule has 1 aliphatic rings. The number of hydrogen-bond donors (Lipinski definition) is 1. The number of nitrogens with zero attached hydrogens (tertiary/aromatic N) is 1. The Hall–Kier alpha value is -2.95. The third-order valence-corrected chi connectivity index (χ3v) is 3.60. The molecule has 0 aromatic heterocycles. The zero-order chi connectivity index (χ0) is 16.2. The Balaban J connectivity index is 1.70. The molecule has 0 atom stereocenters. The van der Waals surface area contributed by atoms with Gasteiger partial charge in [-0.05, 0) is 24.1 Å². The number of imide groups is 1. The van der Waals surface area contributed by atoms with Gasteiger partial charge < -0.3 is 5.32 Å². The van der Waals surface area contributed by atoms with Crippen molar-refractivity contribution in [3.63, 3.8) is 0 Å². The van der Waals surface area contributed by atoms with Crippen molar-refractivity contribution < 1.29 is 14.0 Å². The number of nitrogens with one attached hydrogen (secondary N) is 1. The third-order valence-electron chi connectivity index (χ3n) is 3.60. The van der Waals surface area contributed by atoms with Gasteiger partial charge >= 0.3 is 0 Å². The molecule has 1 aliphatic heterocycles. The van der Waals surface area contributed by atoms with Crippen LogP contribution < -0.4 is 10.2 Å². The average Bonchev–Trinajstić information content (AvgIpc) is 2.80. The molecular weight excluding hydrogens is 295 g/mol. The largest absolute Gasteiger partial charge is 0.378 e. The Morgan fingerprint density at radius 3 is 2.13 bits per heavy atom. The summed E-state index contributed by atoms with van der Waals surface area (Å²) in [6.07, 6.45) is 0.629. The average molecular weight is 310 g/mol. The lowest BCUT2D eigenvalue weighted by Gasteiger charge is -2.14. The number of carbonyl (C=O) groups excluding carboxylic acids is 2. The Labute approximate surface area is 133 Å². The van der Waals surface area contributed by atoms with E-state index in [1.807, 2.05) is 30.3 Å². The van der Waals surface area contributed by atoms with Crippen LogP contribution in [-0.2, 0) is 16.0 Å². The highest BCUT2D eigenvalue weighted by molar-refractivity contribution is 6.31. The zero-order valence-corrected chi connectivity index (χ0v) is 12.3. The highest BCUT2D eigenvalue weighted by atomic mass is 19.1. The van der Waals surface area contributed by atoms with Crippen molar-refractivity contribution in [3.05, 3.63) is 77.8 Å². The predicted molar refractivity (Wildman–Crippen MR) is 85.2 cm³/mol. The molecule has 116 valence electrons. The van der Waals surface area contributed by atoms with Crippen LogP contribution in [0.15, 0.2) is 72.2 Å². The summed E-state index contributed by atoms with van der Waals surface area (Å²) < 4.78 is 14.1. The van der Waals surface area contributed by atoms with Crippen molar-refractivity contribution in [2.24, 2.45) is 0 Å². The number of amides is 2. The first kappa shape index (κ1) is 15.0. The van der Waals surface area contributed by atoms with Gasteiger partial charge in [0.25, 0.3) is 11.8 Å². The van der Waals surface area contributed by atoms with Gasteiger partial charge in [0, 0.05) is 6.54 Å². The van der Waals surface area contributed by atoms with Crippen molar-refractivity contribution in [2.45, 2.75) is 6.42 Å². The Kier molecular flexibility index (Phi) is 4.19. The summed E-state index contributed by atoms with van der Waals surface area (Å²) in [6.45, 7) is 0.369. The number of para-hydroxylation sites is 1. The standard InChI is InChI=1S/C18H15FN2O2/c19-15-16(20-12-11-13-7-3-1-4-8-13)18(23)21(17(15)22)14-9-5-2-6-10-14/h1-10,20H,11-12H2. The molecule has 0 radical (unpaired) electrons. The molecule has 2 aromatic carbocycles. The molecule has 3 rings (SSSR count). The number of carbonyl (C=O) groups is 2. The molecule has 5 heteroatoms. The molecule has 0 spiro atoms. The van der Waals surface area contributed by atoms with Gasteiger partial charge in [-0.15, -0.1) is 0 Å². The van der Waals surface area contributed by atoms with E-state index in [-0.39, 0.29) is 5.70 Å². The van der Waals surface area contributed by atoms with Crippen LogP contribution in [0.2, 0.25) is 0 Å². The maximum Gasteiger partial charge on any atom is 0.296 e. The van der Waals surface area contributed by atoms with Gasteiger partial charge in [-0.25, -0.2) is 4.90 Å². The Morgan fingerprint density at radius 2 is 1.48 bits per heavy atom. The molecule has 23 heavy (non-hydrogen) atoms. The zero-order valence-electron chi connectivity index (χ0n) is 12.3. The van der Waals surface area contributed by atoms with Crippen molar-refractivity contribution >= 4 is 17.5 Å². The van der Waals surface area contributed by atoms with Crippen LogP contribution in [-0.4, -0.2) is 18.4 Å². The Morgan fingerprint density at radius 1 is 0.870 bits per heavy atom. The maximum atomic E-state index is 14.1. The number of benzene rings is 2. The normalized spacial score (nSPS) is 14.6.